The third-order valence-electron chi connectivity index (χ3n) is 4.79. The van der Waals surface area contributed by atoms with Crippen LogP contribution in [0.1, 0.15) is 36.0 Å². The van der Waals surface area contributed by atoms with E-state index in [1.807, 2.05) is 49.5 Å². The maximum atomic E-state index is 12.8. The van der Waals surface area contributed by atoms with E-state index in [4.69, 9.17) is 0 Å². The predicted molar refractivity (Wildman–Crippen MR) is 85.5 cm³/mol. The summed E-state index contributed by atoms with van der Waals surface area (Å²) >= 11 is 0. The molecule has 1 heterocycles. The molecule has 1 aromatic heterocycles. The molecule has 1 aliphatic rings. The Hall–Kier alpha value is -1.81. The van der Waals surface area contributed by atoms with Gasteiger partial charge in [0, 0.05) is 36.2 Å². The first-order chi connectivity index (χ1) is 10.2. The molecule has 4 heteroatoms. The van der Waals surface area contributed by atoms with Crippen LogP contribution in [0.4, 0.5) is 0 Å². The molecule has 1 aromatic carbocycles. The lowest BCUT2D eigenvalue weighted by atomic mass is 9.90. The lowest BCUT2D eigenvalue weighted by molar-refractivity contribution is 0.0688. The first kappa shape index (κ1) is 14.1. The average Bonchev–Trinajstić information content (AvgIpc) is 2.97. The summed E-state index contributed by atoms with van der Waals surface area (Å²) < 4.78 is 0. The van der Waals surface area contributed by atoms with Crippen molar-refractivity contribution in [1.29, 1.82) is 0 Å². The number of nitrogens with zero attached hydrogens (tertiary/aromatic N) is 1. The second-order valence-electron chi connectivity index (χ2n) is 5.96. The van der Waals surface area contributed by atoms with E-state index in [0.717, 1.165) is 42.1 Å². The summed E-state index contributed by atoms with van der Waals surface area (Å²) in [5.41, 5.74) is 1.80. The lowest BCUT2D eigenvalue weighted by Crippen LogP contribution is -2.42. The second-order valence-corrected chi connectivity index (χ2v) is 5.96. The topological polar surface area (TPSA) is 48.1 Å². The van der Waals surface area contributed by atoms with Crippen molar-refractivity contribution in [2.24, 2.45) is 0 Å². The molecule has 1 fully saturated rings. The number of hydrogen-bond acceptors (Lipinski definition) is 2. The Balaban J connectivity index is 1.76. The van der Waals surface area contributed by atoms with E-state index in [1.165, 1.54) is 0 Å². The number of carbonyl (C=O) groups is 1. The van der Waals surface area contributed by atoms with Gasteiger partial charge in [0.25, 0.3) is 5.91 Å². The molecule has 1 saturated carbocycles. The second kappa shape index (κ2) is 5.90. The SMILES string of the molecule is CNC1CCC(N(C)C(=O)c2c[nH]c3ccccc23)CC1. The smallest absolute Gasteiger partial charge is 0.256 e. The molecule has 4 nitrogen and oxygen atoms in total. The van der Waals surface area contributed by atoms with E-state index in [2.05, 4.69) is 10.3 Å². The van der Waals surface area contributed by atoms with Gasteiger partial charge in [-0.05, 0) is 38.8 Å². The van der Waals surface area contributed by atoms with Crippen molar-refractivity contribution in [2.45, 2.75) is 37.8 Å². The number of fused-ring (bicyclic) bond motifs is 1. The molecule has 21 heavy (non-hydrogen) atoms. The van der Waals surface area contributed by atoms with Gasteiger partial charge in [-0.2, -0.15) is 0 Å². The molecule has 0 atom stereocenters. The number of aromatic nitrogens is 1. The maximum absolute atomic E-state index is 12.8. The van der Waals surface area contributed by atoms with E-state index in [9.17, 15) is 4.79 Å². The third-order valence-corrected chi connectivity index (χ3v) is 4.79. The highest BCUT2D eigenvalue weighted by molar-refractivity contribution is 6.06. The highest BCUT2D eigenvalue weighted by Crippen LogP contribution is 2.25. The molecular weight excluding hydrogens is 262 g/mol. The van der Waals surface area contributed by atoms with Crippen LogP contribution in [0.25, 0.3) is 10.9 Å². The Morgan fingerprint density at radius 2 is 1.95 bits per heavy atom. The zero-order valence-corrected chi connectivity index (χ0v) is 12.7. The normalized spacial score (nSPS) is 22.4. The van der Waals surface area contributed by atoms with Crippen molar-refractivity contribution < 1.29 is 4.79 Å². The van der Waals surface area contributed by atoms with Crippen LogP contribution in [-0.4, -0.2) is 42.0 Å². The van der Waals surface area contributed by atoms with Crippen molar-refractivity contribution in [3.8, 4) is 0 Å². The Bertz CT molecular complexity index is 626. The highest BCUT2D eigenvalue weighted by atomic mass is 16.2. The van der Waals surface area contributed by atoms with Crippen LogP contribution in [0.2, 0.25) is 0 Å². The van der Waals surface area contributed by atoms with Crippen LogP contribution in [0.15, 0.2) is 30.5 Å². The van der Waals surface area contributed by atoms with Gasteiger partial charge in [-0.3, -0.25) is 4.79 Å². The van der Waals surface area contributed by atoms with Crippen LogP contribution in [0, 0.1) is 0 Å². The van der Waals surface area contributed by atoms with E-state index in [-0.39, 0.29) is 5.91 Å². The van der Waals surface area contributed by atoms with E-state index >= 15 is 0 Å². The zero-order chi connectivity index (χ0) is 14.8. The fraction of sp³-hybridized carbons (Fsp3) is 0.471. The molecule has 2 aromatic rings. The number of nitrogens with one attached hydrogen (secondary N) is 2. The van der Waals surface area contributed by atoms with Gasteiger partial charge < -0.3 is 15.2 Å². The number of benzene rings is 1. The Morgan fingerprint density at radius 3 is 2.67 bits per heavy atom. The minimum absolute atomic E-state index is 0.125. The number of para-hydroxylation sites is 1. The Kier molecular flexibility index (Phi) is 3.97. The Morgan fingerprint density at radius 1 is 1.24 bits per heavy atom. The summed E-state index contributed by atoms with van der Waals surface area (Å²) in [6, 6.07) is 8.93. The van der Waals surface area contributed by atoms with Gasteiger partial charge in [-0.15, -0.1) is 0 Å². The fourth-order valence-corrected chi connectivity index (χ4v) is 3.36. The average molecular weight is 285 g/mol. The van der Waals surface area contributed by atoms with Crippen LogP contribution in [0.5, 0.6) is 0 Å². The minimum atomic E-state index is 0.125. The number of hydrogen-bond donors (Lipinski definition) is 2. The standard InChI is InChI=1S/C17H23N3O/c1-18-12-7-9-13(10-8-12)20(2)17(21)15-11-19-16-6-4-3-5-14(15)16/h3-6,11-13,18-19H,7-10H2,1-2H3. The van der Waals surface area contributed by atoms with Gasteiger partial charge in [-0.1, -0.05) is 18.2 Å². The van der Waals surface area contributed by atoms with Gasteiger partial charge >= 0.3 is 0 Å². The largest absolute Gasteiger partial charge is 0.360 e. The molecule has 0 radical (unpaired) electrons. The summed E-state index contributed by atoms with van der Waals surface area (Å²) in [7, 11) is 3.96. The van der Waals surface area contributed by atoms with E-state index < -0.39 is 0 Å². The number of carbonyl (C=O) groups excluding carboxylic acids is 1. The molecule has 3 rings (SSSR count). The lowest BCUT2D eigenvalue weighted by Gasteiger charge is -2.34. The molecule has 0 unspecified atom stereocenters. The summed E-state index contributed by atoms with van der Waals surface area (Å²) in [5.74, 6) is 0.125. The first-order valence-corrected chi connectivity index (χ1v) is 7.71. The number of aromatic amines is 1. The van der Waals surface area contributed by atoms with Crippen LogP contribution in [-0.2, 0) is 0 Å². The van der Waals surface area contributed by atoms with Gasteiger partial charge in [0.05, 0.1) is 5.56 Å². The molecule has 1 aliphatic carbocycles. The maximum Gasteiger partial charge on any atom is 0.256 e. The van der Waals surface area contributed by atoms with Gasteiger partial charge in [0.2, 0.25) is 0 Å². The quantitative estimate of drug-likeness (QED) is 0.911. The summed E-state index contributed by atoms with van der Waals surface area (Å²) in [6.07, 6.45) is 6.29. The fourth-order valence-electron chi connectivity index (χ4n) is 3.36. The molecule has 1 amide bonds. The summed E-state index contributed by atoms with van der Waals surface area (Å²) in [6.45, 7) is 0. The monoisotopic (exact) mass is 285 g/mol. The van der Waals surface area contributed by atoms with Gasteiger partial charge in [0.15, 0.2) is 0 Å². The third kappa shape index (κ3) is 2.68. The minimum Gasteiger partial charge on any atom is -0.360 e. The summed E-state index contributed by atoms with van der Waals surface area (Å²) in [5, 5.41) is 4.35. The predicted octanol–water partition coefficient (Wildman–Crippen LogP) is 2.77. The molecule has 0 aliphatic heterocycles. The first-order valence-electron chi connectivity index (χ1n) is 7.71. The zero-order valence-electron chi connectivity index (χ0n) is 12.7. The van der Waals surface area contributed by atoms with Crippen molar-refractivity contribution in [3.63, 3.8) is 0 Å². The molecule has 0 saturated heterocycles. The van der Waals surface area contributed by atoms with Gasteiger partial charge in [0.1, 0.15) is 0 Å². The van der Waals surface area contributed by atoms with Gasteiger partial charge in [-0.25, -0.2) is 0 Å². The molecule has 0 spiro atoms. The van der Waals surface area contributed by atoms with Crippen molar-refractivity contribution >= 4 is 16.8 Å². The number of H-pyrrole nitrogens is 1. The van der Waals surface area contributed by atoms with Crippen LogP contribution in [0.3, 0.4) is 0 Å². The highest BCUT2D eigenvalue weighted by Gasteiger charge is 2.27. The molecule has 0 bridgehead atoms. The van der Waals surface area contributed by atoms with E-state index in [0.29, 0.717) is 12.1 Å². The van der Waals surface area contributed by atoms with Crippen molar-refractivity contribution in [3.05, 3.63) is 36.0 Å². The number of rotatable bonds is 3. The number of amides is 1. The Labute approximate surface area is 125 Å². The van der Waals surface area contributed by atoms with E-state index in [1.54, 1.807) is 0 Å². The molecule has 112 valence electrons. The van der Waals surface area contributed by atoms with Crippen LogP contribution < -0.4 is 5.32 Å². The molecule has 2 N–H and O–H groups in total. The van der Waals surface area contributed by atoms with Crippen LogP contribution >= 0.6 is 0 Å². The van der Waals surface area contributed by atoms with Crippen molar-refractivity contribution in [1.82, 2.24) is 15.2 Å². The summed E-state index contributed by atoms with van der Waals surface area (Å²) in [4.78, 5) is 17.9. The molecular formula is C17H23N3O. The van der Waals surface area contributed by atoms with Crippen molar-refractivity contribution in [2.75, 3.05) is 14.1 Å².